The number of phenols is 2. The minimum Gasteiger partial charge on any atom is -0.508 e. The molecule has 8 heteroatoms. The second-order valence-corrected chi connectivity index (χ2v) is 6.97. The SMILES string of the molecule is CC(C)(C)c1cc(O)c(C(NC(N)=O)c2cccc([N+](=O)[O-])c2)cc1O. The Hall–Kier alpha value is -3.29. The molecule has 0 spiro atoms. The number of nitrogens with zero attached hydrogens (tertiary/aromatic N) is 1. The summed E-state index contributed by atoms with van der Waals surface area (Å²) in [6, 6.07) is 6.51. The number of hydrogen-bond acceptors (Lipinski definition) is 5. The van der Waals surface area contributed by atoms with Crippen molar-refractivity contribution in [3.63, 3.8) is 0 Å². The molecule has 26 heavy (non-hydrogen) atoms. The highest BCUT2D eigenvalue weighted by Crippen LogP contribution is 2.39. The van der Waals surface area contributed by atoms with Gasteiger partial charge in [-0.25, -0.2) is 4.79 Å². The molecule has 0 bridgehead atoms. The zero-order valence-corrected chi connectivity index (χ0v) is 14.7. The number of hydrogen-bond donors (Lipinski definition) is 4. The van der Waals surface area contributed by atoms with E-state index < -0.39 is 22.4 Å². The Morgan fingerprint density at radius 1 is 1.19 bits per heavy atom. The van der Waals surface area contributed by atoms with Crippen molar-refractivity contribution in [2.45, 2.75) is 32.2 Å². The molecule has 138 valence electrons. The number of amides is 2. The molecule has 1 unspecified atom stereocenters. The summed E-state index contributed by atoms with van der Waals surface area (Å²) in [5.74, 6) is -0.231. The van der Waals surface area contributed by atoms with E-state index in [0.717, 1.165) is 0 Å². The van der Waals surface area contributed by atoms with Gasteiger partial charge in [0, 0.05) is 23.3 Å². The molecule has 2 rings (SSSR count). The van der Waals surface area contributed by atoms with Gasteiger partial charge in [0.25, 0.3) is 5.69 Å². The van der Waals surface area contributed by atoms with Gasteiger partial charge < -0.3 is 21.3 Å². The second kappa shape index (κ2) is 6.91. The summed E-state index contributed by atoms with van der Waals surface area (Å²) >= 11 is 0. The number of carbonyl (C=O) groups is 1. The van der Waals surface area contributed by atoms with Crippen molar-refractivity contribution in [1.29, 1.82) is 0 Å². The molecular weight excluding hydrogens is 338 g/mol. The number of non-ortho nitro benzene ring substituents is 1. The number of nitro groups is 1. The normalized spacial score (nSPS) is 12.4. The van der Waals surface area contributed by atoms with E-state index in [1.54, 1.807) is 6.07 Å². The summed E-state index contributed by atoms with van der Waals surface area (Å²) in [6.07, 6.45) is 0. The number of urea groups is 1. The van der Waals surface area contributed by atoms with Crippen LogP contribution in [0.4, 0.5) is 10.5 Å². The second-order valence-electron chi connectivity index (χ2n) is 6.97. The number of nitro benzene ring substituents is 1. The summed E-state index contributed by atoms with van der Waals surface area (Å²) in [7, 11) is 0. The molecule has 0 radical (unpaired) electrons. The number of benzene rings is 2. The maximum absolute atomic E-state index is 11.4. The number of nitrogens with one attached hydrogen (secondary N) is 1. The van der Waals surface area contributed by atoms with E-state index in [2.05, 4.69) is 5.32 Å². The highest BCUT2D eigenvalue weighted by Gasteiger charge is 2.26. The molecule has 0 aromatic heterocycles. The lowest BCUT2D eigenvalue weighted by atomic mass is 9.84. The van der Waals surface area contributed by atoms with Crippen molar-refractivity contribution in [3.05, 3.63) is 63.2 Å². The van der Waals surface area contributed by atoms with Crippen molar-refractivity contribution in [2.24, 2.45) is 5.73 Å². The fraction of sp³-hybridized carbons (Fsp3) is 0.278. The molecule has 0 heterocycles. The lowest BCUT2D eigenvalue weighted by Crippen LogP contribution is -2.34. The smallest absolute Gasteiger partial charge is 0.312 e. The van der Waals surface area contributed by atoms with Crippen molar-refractivity contribution >= 4 is 11.7 Å². The summed E-state index contributed by atoms with van der Waals surface area (Å²) < 4.78 is 0. The van der Waals surface area contributed by atoms with E-state index in [1.807, 2.05) is 20.8 Å². The lowest BCUT2D eigenvalue weighted by Gasteiger charge is -2.24. The molecule has 5 N–H and O–H groups in total. The Kier molecular flexibility index (Phi) is 5.06. The van der Waals surface area contributed by atoms with Gasteiger partial charge in [-0.05, 0) is 23.1 Å². The van der Waals surface area contributed by atoms with Crippen LogP contribution in [0, 0.1) is 10.1 Å². The topological polar surface area (TPSA) is 139 Å². The molecule has 0 aliphatic heterocycles. The Morgan fingerprint density at radius 3 is 2.38 bits per heavy atom. The van der Waals surface area contributed by atoms with Crippen molar-refractivity contribution in [3.8, 4) is 11.5 Å². The average molecular weight is 359 g/mol. The predicted octanol–water partition coefficient (Wildman–Crippen LogP) is 3.06. The van der Waals surface area contributed by atoms with E-state index in [4.69, 9.17) is 5.73 Å². The third-order valence-electron chi connectivity index (χ3n) is 3.96. The van der Waals surface area contributed by atoms with Crippen molar-refractivity contribution in [1.82, 2.24) is 5.32 Å². The molecule has 0 aliphatic rings. The number of aromatic hydroxyl groups is 2. The summed E-state index contributed by atoms with van der Waals surface area (Å²) in [4.78, 5) is 21.9. The van der Waals surface area contributed by atoms with E-state index in [-0.39, 0.29) is 22.7 Å². The Bertz CT molecular complexity index is 858. The third kappa shape index (κ3) is 4.02. The van der Waals surface area contributed by atoms with Crippen LogP contribution in [0.3, 0.4) is 0 Å². The minimum atomic E-state index is -0.965. The first-order valence-corrected chi connectivity index (χ1v) is 7.87. The number of phenolic OH excluding ortho intramolecular Hbond substituents is 2. The summed E-state index contributed by atoms with van der Waals surface area (Å²) in [5, 5.41) is 34.3. The average Bonchev–Trinajstić information content (AvgIpc) is 2.53. The maximum Gasteiger partial charge on any atom is 0.312 e. The van der Waals surface area contributed by atoms with Gasteiger partial charge in [-0.15, -0.1) is 0 Å². The summed E-state index contributed by atoms with van der Waals surface area (Å²) in [5.41, 5.74) is 5.68. The predicted molar refractivity (Wildman–Crippen MR) is 96.1 cm³/mol. The molecule has 2 aromatic carbocycles. The molecular formula is C18H21N3O5. The number of rotatable bonds is 4. The van der Waals surface area contributed by atoms with Crippen molar-refractivity contribution < 1.29 is 19.9 Å². The molecule has 1 atom stereocenters. The van der Waals surface area contributed by atoms with E-state index >= 15 is 0 Å². The van der Waals surface area contributed by atoms with Gasteiger partial charge in [-0.1, -0.05) is 32.9 Å². The first-order chi connectivity index (χ1) is 12.0. The van der Waals surface area contributed by atoms with E-state index in [0.29, 0.717) is 11.1 Å². The van der Waals surface area contributed by atoms with Gasteiger partial charge in [-0.3, -0.25) is 10.1 Å². The fourth-order valence-corrected chi connectivity index (χ4v) is 2.73. The zero-order valence-electron chi connectivity index (χ0n) is 14.7. The van der Waals surface area contributed by atoms with Gasteiger partial charge in [-0.2, -0.15) is 0 Å². The van der Waals surface area contributed by atoms with Gasteiger partial charge in [0.1, 0.15) is 11.5 Å². The van der Waals surface area contributed by atoms with E-state index in [9.17, 15) is 25.1 Å². The van der Waals surface area contributed by atoms with E-state index in [1.165, 1.54) is 30.3 Å². The molecule has 0 saturated heterocycles. The maximum atomic E-state index is 11.4. The molecule has 8 nitrogen and oxygen atoms in total. The minimum absolute atomic E-state index is 0.0630. The van der Waals surface area contributed by atoms with Gasteiger partial charge >= 0.3 is 6.03 Å². The Labute approximate surface area is 150 Å². The zero-order chi connectivity index (χ0) is 19.6. The van der Waals surface area contributed by atoms with Crippen LogP contribution >= 0.6 is 0 Å². The Morgan fingerprint density at radius 2 is 1.85 bits per heavy atom. The molecule has 2 aromatic rings. The molecule has 0 fully saturated rings. The lowest BCUT2D eigenvalue weighted by molar-refractivity contribution is -0.384. The highest BCUT2D eigenvalue weighted by molar-refractivity contribution is 5.73. The monoisotopic (exact) mass is 359 g/mol. The standard InChI is InChI=1S/C18H21N3O5/c1-18(2,3)13-9-14(22)12(8-15(13)23)16(20-17(19)24)10-5-4-6-11(7-10)21(25)26/h4-9,16,22-23H,1-3H3,(H3,19,20,24). The Balaban J connectivity index is 2.61. The van der Waals surface area contributed by atoms with Crippen LogP contribution in [0.15, 0.2) is 36.4 Å². The van der Waals surface area contributed by atoms with Crippen LogP contribution in [0.1, 0.15) is 43.5 Å². The van der Waals surface area contributed by atoms with Crippen LogP contribution in [-0.4, -0.2) is 21.2 Å². The van der Waals surface area contributed by atoms with Crippen LogP contribution in [0.2, 0.25) is 0 Å². The van der Waals surface area contributed by atoms with Crippen LogP contribution < -0.4 is 11.1 Å². The first kappa shape index (κ1) is 19.0. The fourth-order valence-electron chi connectivity index (χ4n) is 2.73. The first-order valence-electron chi connectivity index (χ1n) is 7.87. The number of primary amides is 1. The molecule has 0 saturated carbocycles. The van der Waals surface area contributed by atoms with Crippen LogP contribution in [0.5, 0.6) is 11.5 Å². The van der Waals surface area contributed by atoms with Crippen molar-refractivity contribution in [2.75, 3.05) is 0 Å². The molecule has 2 amide bonds. The van der Waals surface area contributed by atoms with Crippen LogP contribution in [-0.2, 0) is 5.41 Å². The number of nitrogens with two attached hydrogens (primary N) is 1. The quantitative estimate of drug-likeness (QED) is 0.377. The molecule has 0 aliphatic carbocycles. The number of carbonyl (C=O) groups excluding carboxylic acids is 1. The van der Waals surface area contributed by atoms with Gasteiger partial charge in [0.2, 0.25) is 0 Å². The van der Waals surface area contributed by atoms with Gasteiger partial charge in [0.15, 0.2) is 0 Å². The highest BCUT2D eigenvalue weighted by atomic mass is 16.6. The van der Waals surface area contributed by atoms with Crippen LogP contribution in [0.25, 0.3) is 0 Å². The van der Waals surface area contributed by atoms with Gasteiger partial charge in [0.05, 0.1) is 11.0 Å². The largest absolute Gasteiger partial charge is 0.508 e. The third-order valence-corrected chi connectivity index (χ3v) is 3.96. The summed E-state index contributed by atoms with van der Waals surface area (Å²) in [6.45, 7) is 5.63.